The van der Waals surface area contributed by atoms with Crippen LogP contribution in [0, 0.1) is 6.92 Å². The summed E-state index contributed by atoms with van der Waals surface area (Å²) in [7, 11) is 0. The number of nitrogens with one attached hydrogen (secondary N) is 1. The molecule has 0 atom stereocenters. The van der Waals surface area contributed by atoms with Crippen molar-refractivity contribution < 1.29 is 13.7 Å². The molecule has 0 fully saturated rings. The van der Waals surface area contributed by atoms with Crippen molar-refractivity contribution in [2.45, 2.75) is 6.92 Å². The van der Waals surface area contributed by atoms with E-state index in [9.17, 15) is 4.79 Å². The summed E-state index contributed by atoms with van der Waals surface area (Å²) >= 11 is 0. The van der Waals surface area contributed by atoms with Gasteiger partial charge in [0.2, 0.25) is 0 Å². The molecule has 7 heteroatoms. The number of carbonyl (C=O) groups excluding carboxylic acids is 1. The third kappa shape index (κ3) is 2.69. The van der Waals surface area contributed by atoms with E-state index < -0.39 is 0 Å². The summed E-state index contributed by atoms with van der Waals surface area (Å²) in [5, 5.41) is 8.36. The molecule has 0 unspecified atom stereocenters. The molecule has 136 valence electrons. The van der Waals surface area contributed by atoms with Crippen LogP contribution in [-0.2, 0) is 0 Å². The summed E-state index contributed by atoms with van der Waals surface area (Å²) in [4.78, 5) is 22.0. The van der Waals surface area contributed by atoms with Gasteiger partial charge in [0.05, 0.1) is 28.4 Å². The summed E-state index contributed by atoms with van der Waals surface area (Å²) in [6.45, 7) is 1.77. The van der Waals surface area contributed by atoms with Crippen LogP contribution in [0.25, 0.3) is 33.5 Å². The number of furan rings is 1. The average Bonchev–Trinajstić information content (AvgIpc) is 3.38. The third-order valence-electron chi connectivity index (χ3n) is 4.48. The molecule has 5 rings (SSSR count). The van der Waals surface area contributed by atoms with Gasteiger partial charge in [-0.05, 0) is 43.3 Å². The maximum absolute atomic E-state index is 13.1. The zero-order chi connectivity index (χ0) is 19.1. The Morgan fingerprint density at radius 2 is 1.93 bits per heavy atom. The van der Waals surface area contributed by atoms with E-state index in [0.29, 0.717) is 33.9 Å². The Labute approximate surface area is 159 Å². The number of amides is 1. The molecule has 4 heterocycles. The lowest BCUT2D eigenvalue weighted by Gasteiger charge is -2.08. The molecule has 0 aliphatic carbocycles. The Morgan fingerprint density at radius 3 is 2.79 bits per heavy atom. The molecule has 0 saturated heterocycles. The average molecular weight is 370 g/mol. The van der Waals surface area contributed by atoms with Gasteiger partial charge in [-0.1, -0.05) is 23.4 Å². The van der Waals surface area contributed by atoms with Crippen molar-refractivity contribution in [3.05, 3.63) is 72.1 Å². The van der Waals surface area contributed by atoms with E-state index in [1.54, 1.807) is 37.5 Å². The van der Waals surface area contributed by atoms with Gasteiger partial charge in [0.1, 0.15) is 11.5 Å². The molecule has 4 aromatic heterocycles. The Kier molecular flexibility index (Phi) is 3.65. The van der Waals surface area contributed by atoms with Crippen LogP contribution in [0.15, 0.2) is 69.8 Å². The molecule has 5 aromatic rings. The Balaban J connectivity index is 1.58. The summed E-state index contributed by atoms with van der Waals surface area (Å²) in [6, 6.07) is 16.6. The number of nitrogens with zero attached hydrogens (tertiary/aromatic N) is 3. The number of hydrogen-bond donors (Lipinski definition) is 1. The number of para-hydroxylation sites is 1. The molecule has 0 saturated carbocycles. The molecule has 0 spiro atoms. The number of aryl methyl sites for hydroxylation is 1. The first-order chi connectivity index (χ1) is 13.7. The minimum absolute atomic E-state index is 0.281. The van der Waals surface area contributed by atoms with Gasteiger partial charge in [-0.2, -0.15) is 0 Å². The lowest BCUT2D eigenvalue weighted by atomic mass is 10.1. The van der Waals surface area contributed by atoms with Crippen molar-refractivity contribution in [2.75, 3.05) is 5.32 Å². The monoisotopic (exact) mass is 370 g/mol. The Morgan fingerprint density at radius 1 is 1.04 bits per heavy atom. The van der Waals surface area contributed by atoms with Crippen molar-refractivity contribution >= 4 is 33.7 Å². The van der Waals surface area contributed by atoms with Crippen LogP contribution in [-0.4, -0.2) is 21.0 Å². The van der Waals surface area contributed by atoms with Gasteiger partial charge in [-0.3, -0.25) is 4.79 Å². The zero-order valence-corrected chi connectivity index (χ0v) is 14.8. The second-order valence-corrected chi connectivity index (χ2v) is 6.32. The van der Waals surface area contributed by atoms with Crippen LogP contribution >= 0.6 is 0 Å². The first kappa shape index (κ1) is 16.2. The number of aromatic nitrogens is 3. The van der Waals surface area contributed by atoms with Crippen molar-refractivity contribution in [2.24, 2.45) is 0 Å². The van der Waals surface area contributed by atoms with E-state index in [-0.39, 0.29) is 11.6 Å². The van der Waals surface area contributed by atoms with Gasteiger partial charge in [-0.25, -0.2) is 9.97 Å². The van der Waals surface area contributed by atoms with Crippen LogP contribution < -0.4 is 5.32 Å². The van der Waals surface area contributed by atoms with Crippen LogP contribution in [0.4, 0.5) is 5.82 Å². The van der Waals surface area contributed by atoms with Crippen molar-refractivity contribution in [1.82, 2.24) is 15.1 Å². The summed E-state index contributed by atoms with van der Waals surface area (Å²) in [6.07, 6.45) is 1.55. The highest BCUT2D eigenvalue weighted by Gasteiger charge is 2.20. The van der Waals surface area contributed by atoms with Crippen LogP contribution in [0.1, 0.15) is 16.1 Å². The van der Waals surface area contributed by atoms with E-state index in [4.69, 9.17) is 8.94 Å². The van der Waals surface area contributed by atoms with E-state index >= 15 is 0 Å². The topological polar surface area (TPSA) is 94.0 Å². The summed E-state index contributed by atoms with van der Waals surface area (Å²) in [5.74, 6) is 0.672. The molecule has 0 bridgehead atoms. The fraction of sp³-hybridized carbons (Fsp3) is 0.0476. The van der Waals surface area contributed by atoms with E-state index in [0.717, 1.165) is 10.9 Å². The first-order valence-electron chi connectivity index (χ1n) is 8.67. The standard InChI is InChI=1S/C21H14N4O3/c1-12-19-14(11-16(17-7-4-10-27-17)23-21(19)28-25-12)20(26)24-18-9-8-13-5-2-3-6-15(13)22-18/h2-11H,1H3,(H,22,24,26). The number of carbonyl (C=O) groups is 1. The molecule has 0 aliphatic rings. The quantitative estimate of drug-likeness (QED) is 0.499. The summed E-state index contributed by atoms with van der Waals surface area (Å²) in [5.41, 5.74) is 2.56. The second-order valence-electron chi connectivity index (χ2n) is 6.32. The first-order valence-corrected chi connectivity index (χ1v) is 8.67. The maximum Gasteiger partial charge on any atom is 0.259 e. The Bertz CT molecular complexity index is 1320. The third-order valence-corrected chi connectivity index (χ3v) is 4.48. The fourth-order valence-corrected chi connectivity index (χ4v) is 3.14. The van der Waals surface area contributed by atoms with Crippen molar-refractivity contribution in [1.29, 1.82) is 0 Å². The van der Waals surface area contributed by atoms with E-state index in [1.807, 2.05) is 30.3 Å². The number of anilines is 1. The van der Waals surface area contributed by atoms with E-state index in [2.05, 4.69) is 20.4 Å². The van der Waals surface area contributed by atoms with Gasteiger partial charge in [0.25, 0.3) is 11.6 Å². The van der Waals surface area contributed by atoms with Gasteiger partial charge in [-0.15, -0.1) is 0 Å². The highest BCUT2D eigenvalue weighted by atomic mass is 16.5. The molecule has 28 heavy (non-hydrogen) atoms. The smallest absolute Gasteiger partial charge is 0.259 e. The second kappa shape index (κ2) is 6.31. The normalized spacial score (nSPS) is 11.2. The van der Waals surface area contributed by atoms with Crippen LogP contribution in [0.3, 0.4) is 0 Å². The minimum atomic E-state index is -0.325. The molecule has 0 radical (unpaired) electrons. The summed E-state index contributed by atoms with van der Waals surface area (Å²) < 4.78 is 10.7. The minimum Gasteiger partial charge on any atom is -0.463 e. The number of rotatable bonds is 3. The molecule has 7 nitrogen and oxygen atoms in total. The zero-order valence-electron chi connectivity index (χ0n) is 14.8. The number of fused-ring (bicyclic) bond motifs is 2. The fourth-order valence-electron chi connectivity index (χ4n) is 3.14. The largest absolute Gasteiger partial charge is 0.463 e. The molecular formula is C21H14N4O3. The highest BCUT2D eigenvalue weighted by molar-refractivity contribution is 6.12. The maximum atomic E-state index is 13.1. The van der Waals surface area contributed by atoms with Gasteiger partial charge >= 0.3 is 0 Å². The van der Waals surface area contributed by atoms with Gasteiger partial charge in [0.15, 0.2) is 5.76 Å². The van der Waals surface area contributed by atoms with Crippen LogP contribution in [0.5, 0.6) is 0 Å². The molecule has 1 aromatic carbocycles. The van der Waals surface area contributed by atoms with Crippen LogP contribution in [0.2, 0.25) is 0 Å². The molecule has 1 amide bonds. The lowest BCUT2D eigenvalue weighted by molar-refractivity contribution is 0.102. The lowest BCUT2D eigenvalue weighted by Crippen LogP contribution is -2.14. The van der Waals surface area contributed by atoms with Gasteiger partial charge < -0.3 is 14.3 Å². The molecule has 1 N–H and O–H groups in total. The van der Waals surface area contributed by atoms with Crippen molar-refractivity contribution in [3.8, 4) is 11.5 Å². The number of benzene rings is 1. The van der Waals surface area contributed by atoms with Crippen molar-refractivity contribution in [3.63, 3.8) is 0 Å². The van der Waals surface area contributed by atoms with E-state index in [1.165, 1.54) is 0 Å². The molecular weight excluding hydrogens is 356 g/mol. The SMILES string of the molecule is Cc1noc2nc(-c3ccco3)cc(C(=O)Nc3ccc4ccccc4n3)c12. The number of hydrogen-bond acceptors (Lipinski definition) is 6. The van der Waals surface area contributed by atoms with Gasteiger partial charge in [0, 0.05) is 5.39 Å². The predicted molar refractivity (Wildman–Crippen MR) is 104 cm³/mol. The highest BCUT2D eigenvalue weighted by Crippen LogP contribution is 2.28. The predicted octanol–water partition coefficient (Wildman–Crippen LogP) is 4.59. The Hall–Kier alpha value is -4.00. The number of pyridine rings is 2. The molecule has 0 aliphatic heterocycles.